The quantitative estimate of drug-likeness (QED) is 0.561. The number of rotatable bonds is 2. The van der Waals surface area contributed by atoms with Gasteiger partial charge in [-0.3, -0.25) is 4.79 Å². The number of halogens is 1. The van der Waals surface area contributed by atoms with Crippen LogP contribution in [0.3, 0.4) is 0 Å². The Morgan fingerprint density at radius 1 is 1.50 bits per heavy atom. The van der Waals surface area contributed by atoms with Gasteiger partial charge in [0.2, 0.25) is 5.79 Å². The molecule has 1 saturated heterocycles. The van der Waals surface area contributed by atoms with Crippen molar-refractivity contribution < 1.29 is 19.0 Å². The lowest BCUT2D eigenvalue weighted by Gasteiger charge is -2.30. The molecule has 0 bridgehead atoms. The van der Waals surface area contributed by atoms with Gasteiger partial charge in [-0.1, -0.05) is 15.9 Å². The normalized spacial score (nSPS) is 29.0. The lowest BCUT2D eigenvalue weighted by atomic mass is 10.3. The second-order valence-electron chi connectivity index (χ2n) is 3.35. The molecule has 1 aliphatic rings. The summed E-state index contributed by atoms with van der Waals surface area (Å²) in [6.07, 6.45) is 1.92. The number of ether oxygens (including phenoxy) is 3. The Morgan fingerprint density at radius 2 is 2.21 bits per heavy atom. The highest BCUT2D eigenvalue weighted by Crippen LogP contribution is 2.17. The number of hydrogen-bond acceptors (Lipinski definition) is 4. The van der Waals surface area contributed by atoms with Crippen LogP contribution in [0.25, 0.3) is 0 Å². The maximum Gasteiger partial charge on any atom is 0.319 e. The first-order valence-electron chi connectivity index (χ1n) is 4.66. The molecule has 1 unspecified atom stereocenters. The van der Waals surface area contributed by atoms with Crippen LogP contribution >= 0.6 is 15.9 Å². The Bertz CT molecular complexity index is 187. The van der Waals surface area contributed by atoms with E-state index in [0.29, 0.717) is 19.8 Å². The fourth-order valence-corrected chi connectivity index (χ4v) is 1.33. The molecule has 0 aromatic carbocycles. The van der Waals surface area contributed by atoms with Crippen molar-refractivity contribution in [2.45, 2.75) is 25.6 Å². The van der Waals surface area contributed by atoms with E-state index in [1.54, 1.807) is 6.92 Å². The van der Waals surface area contributed by atoms with Crippen LogP contribution in [0.5, 0.6) is 0 Å². The summed E-state index contributed by atoms with van der Waals surface area (Å²) < 4.78 is 15.9. The minimum absolute atomic E-state index is 0.173. The first-order chi connectivity index (χ1) is 6.66. The number of esters is 1. The molecule has 0 amide bonds. The topological polar surface area (TPSA) is 44.8 Å². The van der Waals surface area contributed by atoms with E-state index in [-0.39, 0.29) is 11.3 Å². The van der Waals surface area contributed by atoms with Crippen LogP contribution in [0.2, 0.25) is 0 Å². The molecule has 1 atom stereocenters. The van der Waals surface area contributed by atoms with Crippen molar-refractivity contribution in [3.8, 4) is 0 Å². The monoisotopic (exact) mass is 266 g/mol. The lowest BCUT2D eigenvalue weighted by Crippen LogP contribution is -2.41. The average Bonchev–Trinajstić information content (AvgIpc) is 2.12. The molecule has 1 aliphatic heterocycles. The molecular weight excluding hydrogens is 252 g/mol. The van der Waals surface area contributed by atoms with Crippen molar-refractivity contribution in [2.24, 2.45) is 0 Å². The maximum atomic E-state index is 11.1. The highest BCUT2D eigenvalue weighted by atomic mass is 79.9. The summed E-state index contributed by atoms with van der Waals surface area (Å²) in [6.45, 7) is 3.32. The van der Waals surface area contributed by atoms with E-state index in [2.05, 4.69) is 15.9 Å². The molecule has 5 heteroatoms. The molecule has 1 fully saturated rings. The summed E-state index contributed by atoms with van der Waals surface area (Å²) >= 11 is 3.03. The maximum absolute atomic E-state index is 11.1. The van der Waals surface area contributed by atoms with Crippen LogP contribution in [0, 0.1) is 0 Å². The van der Waals surface area contributed by atoms with Crippen molar-refractivity contribution in [1.29, 1.82) is 0 Å². The fraction of sp³-hybridized carbons (Fsp3) is 0.889. The number of carbonyl (C=O) groups excluding carboxylic acids is 1. The minimum Gasteiger partial charge on any atom is -0.430 e. The van der Waals surface area contributed by atoms with Gasteiger partial charge in [0, 0.05) is 13.5 Å². The van der Waals surface area contributed by atoms with Crippen molar-refractivity contribution in [2.75, 3.05) is 25.2 Å². The number of carbonyl (C=O) groups is 1. The molecule has 1 rings (SSSR count). The zero-order valence-corrected chi connectivity index (χ0v) is 9.84. The molecule has 14 heavy (non-hydrogen) atoms. The number of alkyl halides is 1. The average molecular weight is 267 g/mol. The van der Waals surface area contributed by atoms with Crippen LogP contribution in [0.4, 0.5) is 0 Å². The summed E-state index contributed by atoms with van der Waals surface area (Å²) in [6, 6.07) is 0. The minimum atomic E-state index is -0.925. The van der Waals surface area contributed by atoms with Gasteiger partial charge in [-0.05, 0) is 12.8 Å². The number of hydrogen-bond donors (Lipinski definition) is 0. The Hall–Kier alpha value is -0.130. The van der Waals surface area contributed by atoms with Crippen LogP contribution in [0.15, 0.2) is 0 Å². The van der Waals surface area contributed by atoms with Crippen molar-refractivity contribution in [3.05, 3.63) is 0 Å². The third kappa shape index (κ3) is 3.94. The molecule has 0 N–H and O–H groups in total. The molecule has 0 spiro atoms. The molecule has 0 radical (unpaired) electrons. The Morgan fingerprint density at radius 3 is 2.93 bits per heavy atom. The Kier molecular flexibility index (Phi) is 4.84. The summed E-state index contributed by atoms with van der Waals surface area (Å²) in [7, 11) is 0. The van der Waals surface area contributed by atoms with E-state index in [1.165, 1.54) is 0 Å². The molecule has 82 valence electrons. The highest BCUT2D eigenvalue weighted by Gasteiger charge is 2.30. The molecule has 4 nitrogen and oxygen atoms in total. The second kappa shape index (κ2) is 5.68. The molecule has 0 aromatic rings. The van der Waals surface area contributed by atoms with E-state index in [9.17, 15) is 4.79 Å². The Balaban J connectivity index is 2.46. The van der Waals surface area contributed by atoms with Gasteiger partial charge in [0.15, 0.2) is 0 Å². The molecule has 0 saturated carbocycles. The fourth-order valence-electron chi connectivity index (χ4n) is 1.22. The van der Waals surface area contributed by atoms with Crippen LogP contribution < -0.4 is 0 Å². The third-order valence-electron chi connectivity index (χ3n) is 1.89. The summed E-state index contributed by atoms with van der Waals surface area (Å²) in [4.78, 5) is 11.1. The molecule has 0 aliphatic carbocycles. The largest absolute Gasteiger partial charge is 0.430 e. The van der Waals surface area contributed by atoms with Gasteiger partial charge in [0.25, 0.3) is 0 Å². The predicted molar refractivity (Wildman–Crippen MR) is 54.3 cm³/mol. The van der Waals surface area contributed by atoms with Gasteiger partial charge in [0.05, 0.1) is 6.61 Å². The van der Waals surface area contributed by atoms with Gasteiger partial charge in [-0.2, -0.15) is 0 Å². The van der Waals surface area contributed by atoms with E-state index < -0.39 is 5.79 Å². The highest BCUT2D eigenvalue weighted by molar-refractivity contribution is 9.09. The zero-order chi connectivity index (χ0) is 10.4. The second-order valence-corrected chi connectivity index (χ2v) is 3.91. The van der Waals surface area contributed by atoms with E-state index in [0.717, 1.165) is 12.8 Å². The van der Waals surface area contributed by atoms with Crippen molar-refractivity contribution in [1.82, 2.24) is 0 Å². The van der Waals surface area contributed by atoms with E-state index in [1.807, 2.05) is 0 Å². The third-order valence-corrected chi connectivity index (χ3v) is 2.35. The zero-order valence-electron chi connectivity index (χ0n) is 8.25. The van der Waals surface area contributed by atoms with E-state index >= 15 is 0 Å². The predicted octanol–water partition coefficient (Wildman–Crippen LogP) is 1.47. The van der Waals surface area contributed by atoms with E-state index in [4.69, 9.17) is 14.2 Å². The Labute approximate surface area is 92.0 Å². The summed E-state index contributed by atoms with van der Waals surface area (Å²) in [5.74, 6) is -1.26. The SMILES string of the molecule is CC1(OC(=O)CBr)COCCCCO1. The summed E-state index contributed by atoms with van der Waals surface area (Å²) in [5, 5.41) is 0.173. The molecule has 1 heterocycles. The van der Waals surface area contributed by atoms with Gasteiger partial charge >= 0.3 is 5.97 Å². The standard InChI is InChI=1S/C9H15BrO4/c1-9(14-8(11)6-10)7-12-4-2-3-5-13-9/h2-7H2,1H3. The van der Waals surface area contributed by atoms with Gasteiger partial charge in [0.1, 0.15) is 11.9 Å². The van der Waals surface area contributed by atoms with Gasteiger partial charge < -0.3 is 14.2 Å². The van der Waals surface area contributed by atoms with Gasteiger partial charge in [-0.15, -0.1) is 0 Å². The van der Waals surface area contributed by atoms with Crippen LogP contribution in [-0.2, 0) is 19.0 Å². The first kappa shape index (κ1) is 11.9. The van der Waals surface area contributed by atoms with Crippen molar-refractivity contribution in [3.63, 3.8) is 0 Å². The van der Waals surface area contributed by atoms with Crippen LogP contribution in [-0.4, -0.2) is 36.9 Å². The molecular formula is C9H15BrO4. The smallest absolute Gasteiger partial charge is 0.319 e. The van der Waals surface area contributed by atoms with Crippen molar-refractivity contribution >= 4 is 21.9 Å². The lowest BCUT2D eigenvalue weighted by molar-refractivity contribution is -0.246. The first-order valence-corrected chi connectivity index (χ1v) is 5.78. The van der Waals surface area contributed by atoms with Crippen LogP contribution in [0.1, 0.15) is 19.8 Å². The molecule has 0 aromatic heterocycles. The van der Waals surface area contributed by atoms with Gasteiger partial charge in [-0.25, -0.2) is 0 Å². The summed E-state index contributed by atoms with van der Waals surface area (Å²) in [5.41, 5.74) is 0.